The summed E-state index contributed by atoms with van der Waals surface area (Å²) in [6.07, 6.45) is 6.27. The highest BCUT2D eigenvalue weighted by Crippen LogP contribution is 2.40. The van der Waals surface area contributed by atoms with Crippen LogP contribution in [0, 0.1) is 9.39 Å². The lowest BCUT2D eigenvalue weighted by molar-refractivity contribution is 0.276. The maximum Gasteiger partial charge on any atom is 0.165 e. The third kappa shape index (κ3) is 2.89. The predicted octanol–water partition coefficient (Wildman–Crippen LogP) is 3.21. The van der Waals surface area contributed by atoms with Crippen molar-refractivity contribution in [2.45, 2.75) is 50.3 Å². The average molecular weight is 493 g/mol. The van der Waals surface area contributed by atoms with Crippen molar-refractivity contribution in [2.75, 3.05) is 5.73 Å². The van der Waals surface area contributed by atoms with Crippen LogP contribution in [0.1, 0.15) is 42.9 Å². The number of aromatic nitrogens is 3. The molecule has 3 atom stereocenters. The first-order valence-corrected chi connectivity index (χ1v) is 10.6. The van der Waals surface area contributed by atoms with Crippen LogP contribution in [-0.4, -0.2) is 31.8 Å². The van der Waals surface area contributed by atoms with Gasteiger partial charge in [-0.2, -0.15) is 9.61 Å². The molecule has 5 rings (SSSR count). The molecule has 2 aliphatic rings. The van der Waals surface area contributed by atoms with E-state index in [0.717, 1.165) is 27.7 Å². The van der Waals surface area contributed by atoms with E-state index in [1.165, 1.54) is 18.9 Å². The Morgan fingerprint density at radius 1 is 1.29 bits per heavy atom. The van der Waals surface area contributed by atoms with Crippen LogP contribution in [0.3, 0.4) is 0 Å². The Morgan fingerprint density at radius 3 is 2.71 bits per heavy atom. The summed E-state index contributed by atoms with van der Waals surface area (Å²) in [6.45, 7) is -0.327. The van der Waals surface area contributed by atoms with E-state index in [0.29, 0.717) is 35.0 Å². The third-order valence-corrected chi connectivity index (χ3v) is 7.15. The van der Waals surface area contributed by atoms with Crippen molar-refractivity contribution in [1.29, 1.82) is 0 Å². The van der Waals surface area contributed by atoms with E-state index < -0.39 is 5.82 Å². The second-order valence-electron chi connectivity index (χ2n) is 7.76. The average Bonchev–Trinajstić information content (AvgIpc) is 3.27. The Bertz CT molecular complexity index is 1060. The zero-order valence-electron chi connectivity index (χ0n) is 15.2. The standard InChI is InChI=1S/C20H21FIN5O/c21-16-7-10(1-2-11(16)9-28)15-8-24-27-19(23)17(22)18(26-20(15)27)12-5-13-3-4-14(6-12)25-13/h1-2,7-8,12-14,25,28H,3-6,9,23H2/t12-,13+,14-. The fourth-order valence-corrected chi connectivity index (χ4v) is 5.40. The van der Waals surface area contributed by atoms with E-state index >= 15 is 0 Å². The number of nitrogens with zero attached hydrogens (tertiary/aromatic N) is 3. The topological polar surface area (TPSA) is 88.5 Å². The van der Waals surface area contributed by atoms with Gasteiger partial charge in [0.2, 0.25) is 0 Å². The van der Waals surface area contributed by atoms with E-state index in [-0.39, 0.29) is 12.2 Å². The highest BCUT2D eigenvalue weighted by molar-refractivity contribution is 14.1. The number of anilines is 1. The maximum absolute atomic E-state index is 14.2. The molecule has 28 heavy (non-hydrogen) atoms. The van der Waals surface area contributed by atoms with Gasteiger partial charge in [0.05, 0.1) is 22.1 Å². The largest absolute Gasteiger partial charge is 0.392 e. The number of hydrogen-bond acceptors (Lipinski definition) is 5. The number of piperidine rings is 1. The smallest absolute Gasteiger partial charge is 0.165 e. The van der Waals surface area contributed by atoms with Crippen LogP contribution < -0.4 is 11.1 Å². The molecule has 0 saturated carbocycles. The molecule has 2 saturated heterocycles. The first-order chi connectivity index (χ1) is 13.5. The van der Waals surface area contributed by atoms with E-state index in [2.05, 4.69) is 33.0 Å². The molecular formula is C20H21FIN5O. The summed E-state index contributed by atoms with van der Waals surface area (Å²) in [5.74, 6) is 0.507. The molecule has 2 aliphatic heterocycles. The highest BCUT2D eigenvalue weighted by atomic mass is 127. The molecule has 6 nitrogen and oxygen atoms in total. The fourth-order valence-electron chi connectivity index (χ4n) is 4.61. The Labute approximate surface area is 175 Å². The number of halogens is 2. The lowest BCUT2D eigenvalue weighted by Crippen LogP contribution is -2.37. The molecule has 4 N–H and O–H groups in total. The molecule has 1 aromatic carbocycles. The molecule has 8 heteroatoms. The SMILES string of the molecule is Nc1c(I)c([C@H]2C[C@H]3CC[C@@H](C2)N3)nc2c(-c3ccc(CO)c(F)c3)cnn12. The molecule has 2 aromatic heterocycles. The Balaban J connectivity index is 1.63. The van der Waals surface area contributed by atoms with Gasteiger partial charge in [0.15, 0.2) is 5.65 Å². The van der Waals surface area contributed by atoms with E-state index in [9.17, 15) is 9.50 Å². The van der Waals surface area contributed by atoms with Crippen LogP contribution in [0.25, 0.3) is 16.8 Å². The summed E-state index contributed by atoms with van der Waals surface area (Å²) in [4.78, 5) is 4.98. The quantitative estimate of drug-likeness (QED) is 0.488. The fraction of sp³-hybridized carbons (Fsp3) is 0.400. The molecular weight excluding hydrogens is 472 g/mol. The molecule has 146 valence electrons. The summed E-state index contributed by atoms with van der Waals surface area (Å²) in [5, 5.41) is 17.3. The van der Waals surface area contributed by atoms with Crippen LogP contribution >= 0.6 is 22.6 Å². The van der Waals surface area contributed by atoms with Crippen molar-refractivity contribution in [1.82, 2.24) is 19.9 Å². The molecule has 4 heterocycles. The molecule has 0 spiro atoms. The number of nitrogens with one attached hydrogen (secondary N) is 1. The Morgan fingerprint density at radius 2 is 2.04 bits per heavy atom. The summed E-state index contributed by atoms with van der Waals surface area (Å²) < 4.78 is 16.8. The van der Waals surface area contributed by atoms with Gasteiger partial charge in [-0.05, 0) is 59.9 Å². The molecule has 3 aromatic rings. The maximum atomic E-state index is 14.2. The van der Waals surface area contributed by atoms with Gasteiger partial charge in [-0.15, -0.1) is 0 Å². The van der Waals surface area contributed by atoms with E-state index in [1.807, 2.05) is 0 Å². The number of rotatable bonds is 3. The molecule has 0 radical (unpaired) electrons. The van der Waals surface area contributed by atoms with Gasteiger partial charge < -0.3 is 16.2 Å². The first kappa shape index (κ1) is 18.3. The van der Waals surface area contributed by atoms with Gasteiger partial charge in [0.25, 0.3) is 0 Å². The zero-order valence-corrected chi connectivity index (χ0v) is 17.4. The van der Waals surface area contributed by atoms with E-state index in [1.54, 1.807) is 22.8 Å². The van der Waals surface area contributed by atoms with Crippen molar-refractivity contribution < 1.29 is 9.50 Å². The monoisotopic (exact) mass is 493 g/mol. The lowest BCUT2D eigenvalue weighted by atomic mass is 9.89. The third-order valence-electron chi connectivity index (χ3n) is 6.04. The van der Waals surface area contributed by atoms with Crippen LogP contribution in [0.5, 0.6) is 0 Å². The van der Waals surface area contributed by atoms with E-state index in [4.69, 9.17) is 10.7 Å². The second kappa shape index (κ2) is 6.93. The van der Waals surface area contributed by atoms with Crippen LogP contribution in [0.2, 0.25) is 0 Å². The van der Waals surface area contributed by atoms with Gasteiger partial charge in [-0.3, -0.25) is 0 Å². The lowest BCUT2D eigenvalue weighted by Gasteiger charge is -2.29. The molecule has 0 amide bonds. The molecule has 2 fully saturated rings. The van der Waals surface area contributed by atoms with Crippen molar-refractivity contribution in [3.8, 4) is 11.1 Å². The minimum absolute atomic E-state index is 0.271. The number of benzene rings is 1. The minimum Gasteiger partial charge on any atom is -0.392 e. The Hall–Kier alpha value is -1.78. The van der Waals surface area contributed by atoms with Gasteiger partial charge in [-0.25, -0.2) is 9.37 Å². The summed E-state index contributed by atoms with van der Waals surface area (Å²) in [5.41, 5.74) is 9.77. The predicted molar refractivity (Wildman–Crippen MR) is 113 cm³/mol. The molecule has 0 aliphatic carbocycles. The summed E-state index contributed by atoms with van der Waals surface area (Å²) in [7, 11) is 0. The summed E-state index contributed by atoms with van der Waals surface area (Å²) >= 11 is 2.27. The zero-order chi connectivity index (χ0) is 19.4. The normalized spacial score (nSPS) is 24.2. The number of hydrogen-bond donors (Lipinski definition) is 3. The number of nitrogen functional groups attached to an aromatic ring is 1. The van der Waals surface area contributed by atoms with Crippen molar-refractivity contribution in [3.63, 3.8) is 0 Å². The van der Waals surface area contributed by atoms with Crippen molar-refractivity contribution >= 4 is 34.1 Å². The van der Waals surface area contributed by atoms with Crippen LogP contribution in [-0.2, 0) is 6.61 Å². The molecule has 0 unspecified atom stereocenters. The van der Waals surface area contributed by atoms with Gasteiger partial charge in [0, 0.05) is 29.1 Å². The van der Waals surface area contributed by atoms with Gasteiger partial charge in [-0.1, -0.05) is 12.1 Å². The number of nitrogens with two attached hydrogens (primary N) is 1. The van der Waals surface area contributed by atoms with Crippen LogP contribution in [0.4, 0.5) is 10.2 Å². The number of aliphatic hydroxyl groups is 1. The first-order valence-electron chi connectivity index (χ1n) is 9.53. The Kier molecular flexibility index (Phi) is 4.52. The van der Waals surface area contributed by atoms with Crippen molar-refractivity contribution in [3.05, 3.63) is 45.0 Å². The van der Waals surface area contributed by atoms with Gasteiger partial charge >= 0.3 is 0 Å². The van der Waals surface area contributed by atoms with Gasteiger partial charge in [0.1, 0.15) is 11.6 Å². The highest BCUT2D eigenvalue weighted by Gasteiger charge is 2.36. The molecule has 2 bridgehead atoms. The minimum atomic E-state index is -0.437. The number of aliphatic hydroxyl groups excluding tert-OH is 1. The summed E-state index contributed by atoms with van der Waals surface area (Å²) in [6, 6.07) is 5.91. The van der Waals surface area contributed by atoms with Crippen LogP contribution in [0.15, 0.2) is 24.4 Å². The second-order valence-corrected chi connectivity index (χ2v) is 8.84. The number of fused-ring (bicyclic) bond motifs is 3. The van der Waals surface area contributed by atoms with Crippen molar-refractivity contribution in [2.24, 2.45) is 0 Å².